The van der Waals surface area contributed by atoms with Gasteiger partial charge in [-0.1, -0.05) is 26.0 Å². The summed E-state index contributed by atoms with van der Waals surface area (Å²) >= 11 is 0. The highest BCUT2D eigenvalue weighted by molar-refractivity contribution is 5.76. The second-order valence-electron chi connectivity index (χ2n) is 5.52. The quantitative estimate of drug-likeness (QED) is 0.799. The third-order valence-corrected chi connectivity index (χ3v) is 3.18. The molecular weight excluding hydrogens is 250 g/mol. The molecule has 3 N–H and O–H groups in total. The van der Waals surface area contributed by atoms with Gasteiger partial charge >= 0.3 is 0 Å². The fourth-order valence-electron chi connectivity index (χ4n) is 2.16. The predicted molar refractivity (Wildman–Crippen MR) is 79.6 cm³/mol. The number of carbonyl (C=O) groups is 1. The first-order valence-electron chi connectivity index (χ1n) is 7.01. The Hall–Kier alpha value is -1.86. The molecule has 0 aliphatic heterocycles. The SMILES string of the molecule is CC(C)C[C@H](CN)CC(=O)NCc1ccc(C#N)cc1. The van der Waals surface area contributed by atoms with Crippen LogP contribution >= 0.6 is 0 Å². The van der Waals surface area contributed by atoms with Crippen LogP contribution in [-0.4, -0.2) is 12.5 Å². The van der Waals surface area contributed by atoms with Crippen molar-refractivity contribution in [2.75, 3.05) is 6.54 Å². The number of nitrogens with zero attached hydrogens (tertiary/aromatic N) is 1. The van der Waals surface area contributed by atoms with Crippen LogP contribution in [0.1, 0.15) is 37.8 Å². The van der Waals surface area contributed by atoms with Gasteiger partial charge in [-0.3, -0.25) is 4.79 Å². The van der Waals surface area contributed by atoms with Gasteiger partial charge in [0.2, 0.25) is 5.91 Å². The molecule has 0 saturated carbocycles. The van der Waals surface area contributed by atoms with Gasteiger partial charge in [-0.05, 0) is 42.5 Å². The van der Waals surface area contributed by atoms with Crippen LogP contribution in [0.25, 0.3) is 0 Å². The minimum Gasteiger partial charge on any atom is -0.352 e. The minimum absolute atomic E-state index is 0.0328. The summed E-state index contributed by atoms with van der Waals surface area (Å²) in [5.41, 5.74) is 7.31. The summed E-state index contributed by atoms with van der Waals surface area (Å²) in [7, 11) is 0. The molecule has 1 rings (SSSR count). The molecular formula is C16H23N3O. The van der Waals surface area contributed by atoms with Crippen molar-refractivity contribution in [1.29, 1.82) is 5.26 Å². The van der Waals surface area contributed by atoms with Gasteiger partial charge in [0.05, 0.1) is 11.6 Å². The number of nitriles is 1. The zero-order valence-electron chi connectivity index (χ0n) is 12.2. The van der Waals surface area contributed by atoms with E-state index in [1.54, 1.807) is 12.1 Å². The lowest BCUT2D eigenvalue weighted by Crippen LogP contribution is -2.28. The highest BCUT2D eigenvalue weighted by Gasteiger charge is 2.13. The largest absolute Gasteiger partial charge is 0.352 e. The summed E-state index contributed by atoms with van der Waals surface area (Å²) in [4.78, 5) is 11.9. The Morgan fingerprint density at radius 2 is 2.00 bits per heavy atom. The number of hydrogen-bond acceptors (Lipinski definition) is 3. The van der Waals surface area contributed by atoms with Crippen molar-refractivity contribution in [3.8, 4) is 6.07 Å². The molecule has 0 spiro atoms. The van der Waals surface area contributed by atoms with Crippen molar-refractivity contribution in [2.24, 2.45) is 17.6 Å². The third-order valence-electron chi connectivity index (χ3n) is 3.18. The Bertz CT molecular complexity index is 460. The molecule has 1 aromatic rings. The number of carbonyl (C=O) groups excluding carboxylic acids is 1. The van der Waals surface area contributed by atoms with Crippen LogP contribution in [0.15, 0.2) is 24.3 Å². The molecule has 0 aromatic heterocycles. The summed E-state index contributed by atoms with van der Waals surface area (Å²) in [6.07, 6.45) is 1.45. The number of nitrogens with two attached hydrogens (primary N) is 1. The molecule has 1 atom stereocenters. The number of nitrogens with one attached hydrogen (secondary N) is 1. The Balaban J connectivity index is 2.40. The van der Waals surface area contributed by atoms with Crippen LogP contribution in [-0.2, 0) is 11.3 Å². The minimum atomic E-state index is 0.0328. The number of amides is 1. The van der Waals surface area contributed by atoms with Crippen LogP contribution in [0, 0.1) is 23.2 Å². The molecule has 0 aliphatic carbocycles. The first-order chi connectivity index (χ1) is 9.55. The Morgan fingerprint density at radius 1 is 1.35 bits per heavy atom. The van der Waals surface area contributed by atoms with Crippen LogP contribution < -0.4 is 11.1 Å². The van der Waals surface area contributed by atoms with E-state index >= 15 is 0 Å². The van der Waals surface area contributed by atoms with Crippen LogP contribution in [0.5, 0.6) is 0 Å². The van der Waals surface area contributed by atoms with Gasteiger partial charge in [0, 0.05) is 13.0 Å². The summed E-state index contributed by atoms with van der Waals surface area (Å²) in [6.45, 7) is 5.31. The maximum Gasteiger partial charge on any atom is 0.220 e. The van der Waals surface area contributed by atoms with Gasteiger partial charge in [0.1, 0.15) is 0 Å². The molecule has 0 aliphatic rings. The zero-order valence-corrected chi connectivity index (χ0v) is 12.2. The summed E-state index contributed by atoms with van der Waals surface area (Å²) < 4.78 is 0. The average molecular weight is 273 g/mol. The standard InChI is InChI=1S/C16H23N3O/c1-12(2)7-15(10-18)8-16(20)19-11-14-5-3-13(9-17)4-6-14/h3-6,12,15H,7-8,10-11,18H2,1-2H3,(H,19,20)/t15-/m0/s1. The summed E-state index contributed by atoms with van der Waals surface area (Å²) in [5.74, 6) is 0.830. The normalized spacial score (nSPS) is 11.9. The van der Waals surface area contributed by atoms with Crippen molar-refractivity contribution in [3.63, 3.8) is 0 Å². The third kappa shape index (κ3) is 5.85. The second kappa shape index (κ2) is 8.34. The van der Waals surface area contributed by atoms with E-state index in [-0.39, 0.29) is 11.8 Å². The molecule has 1 aromatic carbocycles. The molecule has 20 heavy (non-hydrogen) atoms. The topological polar surface area (TPSA) is 78.9 Å². The van der Waals surface area contributed by atoms with Crippen molar-refractivity contribution in [3.05, 3.63) is 35.4 Å². The maximum atomic E-state index is 11.9. The van der Waals surface area contributed by atoms with Crippen LogP contribution in [0.4, 0.5) is 0 Å². The maximum absolute atomic E-state index is 11.9. The van der Waals surface area contributed by atoms with Crippen molar-refractivity contribution >= 4 is 5.91 Å². The van der Waals surface area contributed by atoms with E-state index in [9.17, 15) is 4.79 Å². The molecule has 0 bridgehead atoms. The number of hydrogen-bond donors (Lipinski definition) is 2. The van der Waals surface area contributed by atoms with Gasteiger partial charge in [-0.15, -0.1) is 0 Å². The molecule has 4 nitrogen and oxygen atoms in total. The lowest BCUT2D eigenvalue weighted by atomic mass is 9.94. The smallest absolute Gasteiger partial charge is 0.220 e. The Morgan fingerprint density at radius 3 is 2.50 bits per heavy atom. The van der Waals surface area contributed by atoms with Crippen molar-refractivity contribution in [2.45, 2.75) is 33.2 Å². The summed E-state index contributed by atoms with van der Waals surface area (Å²) in [5, 5.41) is 11.6. The van der Waals surface area contributed by atoms with Gasteiger partial charge in [0.25, 0.3) is 0 Å². The number of benzene rings is 1. The van der Waals surface area contributed by atoms with Crippen molar-refractivity contribution < 1.29 is 4.79 Å². The highest BCUT2D eigenvalue weighted by atomic mass is 16.1. The van der Waals surface area contributed by atoms with E-state index in [1.807, 2.05) is 12.1 Å². The molecule has 0 unspecified atom stereocenters. The first-order valence-corrected chi connectivity index (χ1v) is 7.01. The monoisotopic (exact) mass is 273 g/mol. The molecule has 0 radical (unpaired) electrons. The van der Waals surface area contributed by atoms with Crippen LogP contribution in [0.3, 0.4) is 0 Å². The van der Waals surface area contributed by atoms with E-state index in [2.05, 4.69) is 25.2 Å². The van der Waals surface area contributed by atoms with Crippen LogP contribution in [0.2, 0.25) is 0 Å². The zero-order chi connectivity index (χ0) is 15.0. The Kier molecular flexibility index (Phi) is 6.75. The summed E-state index contributed by atoms with van der Waals surface area (Å²) in [6, 6.07) is 9.28. The van der Waals surface area contributed by atoms with E-state index < -0.39 is 0 Å². The fraction of sp³-hybridized carbons (Fsp3) is 0.500. The molecule has 0 fully saturated rings. The van der Waals surface area contributed by atoms with E-state index in [0.717, 1.165) is 12.0 Å². The van der Waals surface area contributed by atoms with Gasteiger partial charge in [-0.25, -0.2) is 0 Å². The van der Waals surface area contributed by atoms with E-state index in [1.165, 1.54) is 0 Å². The first kappa shape index (κ1) is 16.2. The van der Waals surface area contributed by atoms with Crippen molar-refractivity contribution in [1.82, 2.24) is 5.32 Å². The van der Waals surface area contributed by atoms with Gasteiger partial charge < -0.3 is 11.1 Å². The molecule has 4 heteroatoms. The van der Waals surface area contributed by atoms with E-state index in [4.69, 9.17) is 11.0 Å². The number of rotatable bonds is 7. The molecule has 0 saturated heterocycles. The van der Waals surface area contributed by atoms with E-state index in [0.29, 0.717) is 31.0 Å². The molecule has 1 amide bonds. The Labute approximate surface area is 121 Å². The average Bonchev–Trinajstić information content (AvgIpc) is 2.44. The van der Waals surface area contributed by atoms with Gasteiger partial charge in [-0.2, -0.15) is 5.26 Å². The molecule has 0 heterocycles. The second-order valence-corrected chi connectivity index (χ2v) is 5.52. The lowest BCUT2D eigenvalue weighted by Gasteiger charge is -2.16. The highest BCUT2D eigenvalue weighted by Crippen LogP contribution is 2.14. The van der Waals surface area contributed by atoms with Gasteiger partial charge in [0.15, 0.2) is 0 Å². The predicted octanol–water partition coefficient (Wildman–Crippen LogP) is 2.19. The fourth-order valence-corrected chi connectivity index (χ4v) is 2.16. The molecule has 108 valence electrons. The lowest BCUT2D eigenvalue weighted by molar-refractivity contribution is -0.122.